The number of benzene rings is 1. The number of nitrogens with one attached hydrogen (secondary N) is 1. The quantitative estimate of drug-likeness (QED) is 0.883. The molecular formula is C13H16F3NO4S. The fourth-order valence-corrected chi connectivity index (χ4v) is 2.66. The summed E-state index contributed by atoms with van der Waals surface area (Å²) >= 11 is 0. The molecule has 0 aliphatic carbocycles. The van der Waals surface area contributed by atoms with Crippen LogP contribution in [0.5, 0.6) is 0 Å². The van der Waals surface area contributed by atoms with Gasteiger partial charge in [-0.15, -0.1) is 0 Å². The molecule has 5 nitrogen and oxygen atoms in total. The SMILES string of the molecule is CC(C)(Cc1ccc(S(C)(=O)=O)cc1C(F)(F)F)NC(=O)O. The van der Waals surface area contributed by atoms with Crippen LogP contribution in [0.15, 0.2) is 23.1 Å². The number of hydrogen-bond acceptors (Lipinski definition) is 3. The van der Waals surface area contributed by atoms with E-state index in [2.05, 4.69) is 5.32 Å². The summed E-state index contributed by atoms with van der Waals surface area (Å²) in [5.41, 5.74) is -2.41. The minimum atomic E-state index is -4.74. The first-order valence-electron chi connectivity index (χ1n) is 6.14. The lowest BCUT2D eigenvalue weighted by Gasteiger charge is -2.26. The Morgan fingerprint density at radius 3 is 2.23 bits per heavy atom. The average Bonchev–Trinajstić information content (AvgIpc) is 2.23. The Bertz CT molecular complexity index is 681. The summed E-state index contributed by atoms with van der Waals surface area (Å²) in [6, 6.07) is 2.71. The predicted molar refractivity (Wildman–Crippen MR) is 73.5 cm³/mol. The molecule has 9 heteroatoms. The van der Waals surface area contributed by atoms with E-state index in [1.165, 1.54) is 13.8 Å². The summed E-state index contributed by atoms with van der Waals surface area (Å²) in [6.45, 7) is 2.87. The highest BCUT2D eigenvalue weighted by molar-refractivity contribution is 7.90. The zero-order chi connectivity index (χ0) is 17.3. The number of carbonyl (C=O) groups is 1. The van der Waals surface area contributed by atoms with Crippen molar-refractivity contribution in [1.82, 2.24) is 5.32 Å². The molecule has 0 unspecified atom stereocenters. The summed E-state index contributed by atoms with van der Waals surface area (Å²) < 4.78 is 62.2. The number of hydrogen-bond donors (Lipinski definition) is 2. The van der Waals surface area contributed by atoms with Crippen molar-refractivity contribution in [2.75, 3.05) is 6.26 Å². The number of carboxylic acid groups (broad SMARTS) is 1. The maximum absolute atomic E-state index is 13.1. The average molecular weight is 339 g/mol. The molecule has 0 aliphatic heterocycles. The summed E-state index contributed by atoms with van der Waals surface area (Å²) in [5, 5.41) is 10.8. The van der Waals surface area contributed by atoms with Gasteiger partial charge in [0.25, 0.3) is 0 Å². The van der Waals surface area contributed by atoms with E-state index in [1.807, 2.05) is 0 Å². The lowest BCUT2D eigenvalue weighted by Crippen LogP contribution is -2.44. The Balaban J connectivity index is 3.34. The van der Waals surface area contributed by atoms with Gasteiger partial charge in [-0.2, -0.15) is 13.2 Å². The summed E-state index contributed by atoms with van der Waals surface area (Å²) in [7, 11) is -3.77. The minimum absolute atomic E-state index is 0.182. The lowest BCUT2D eigenvalue weighted by atomic mass is 9.92. The summed E-state index contributed by atoms with van der Waals surface area (Å²) in [4.78, 5) is 10.2. The molecule has 1 aromatic carbocycles. The molecule has 0 saturated carbocycles. The molecule has 1 amide bonds. The van der Waals surface area contributed by atoms with Crippen LogP contribution in [0.25, 0.3) is 0 Å². The third-order valence-electron chi connectivity index (χ3n) is 2.89. The van der Waals surface area contributed by atoms with E-state index in [0.29, 0.717) is 6.07 Å². The molecule has 0 saturated heterocycles. The van der Waals surface area contributed by atoms with Crippen LogP contribution in [0.1, 0.15) is 25.0 Å². The van der Waals surface area contributed by atoms with Gasteiger partial charge in [-0.25, -0.2) is 13.2 Å². The van der Waals surface area contributed by atoms with Crippen molar-refractivity contribution in [1.29, 1.82) is 0 Å². The van der Waals surface area contributed by atoms with Gasteiger partial charge in [0, 0.05) is 11.8 Å². The smallest absolute Gasteiger partial charge is 0.416 e. The van der Waals surface area contributed by atoms with Gasteiger partial charge in [-0.1, -0.05) is 6.07 Å². The highest BCUT2D eigenvalue weighted by Crippen LogP contribution is 2.35. The number of rotatable bonds is 4. The highest BCUT2D eigenvalue weighted by atomic mass is 32.2. The second kappa shape index (κ2) is 5.79. The first kappa shape index (κ1) is 18.3. The summed E-state index contributed by atoms with van der Waals surface area (Å²) in [5.74, 6) is 0. The van der Waals surface area contributed by atoms with Crippen molar-refractivity contribution in [3.63, 3.8) is 0 Å². The zero-order valence-corrected chi connectivity index (χ0v) is 13.0. The zero-order valence-electron chi connectivity index (χ0n) is 12.2. The Kier molecular flexibility index (Phi) is 4.81. The molecule has 1 aromatic rings. The van der Waals surface area contributed by atoms with Gasteiger partial charge in [-0.3, -0.25) is 0 Å². The fraction of sp³-hybridized carbons (Fsp3) is 0.462. The van der Waals surface area contributed by atoms with E-state index in [-0.39, 0.29) is 12.0 Å². The lowest BCUT2D eigenvalue weighted by molar-refractivity contribution is -0.138. The molecule has 0 aromatic heterocycles. The normalized spacial score (nSPS) is 13.0. The van der Waals surface area contributed by atoms with Crippen LogP contribution in [-0.4, -0.2) is 31.4 Å². The third kappa shape index (κ3) is 4.90. The van der Waals surface area contributed by atoms with Crippen LogP contribution >= 0.6 is 0 Å². The molecule has 2 N–H and O–H groups in total. The van der Waals surface area contributed by atoms with E-state index in [9.17, 15) is 26.4 Å². The first-order valence-corrected chi connectivity index (χ1v) is 8.03. The van der Waals surface area contributed by atoms with Gasteiger partial charge in [-0.05, 0) is 38.0 Å². The molecule has 0 fully saturated rings. The Hall–Kier alpha value is -1.77. The van der Waals surface area contributed by atoms with Crippen LogP contribution in [-0.2, 0) is 22.4 Å². The van der Waals surface area contributed by atoms with E-state index < -0.39 is 38.1 Å². The molecule has 0 radical (unpaired) electrons. The monoisotopic (exact) mass is 339 g/mol. The minimum Gasteiger partial charge on any atom is -0.465 e. The van der Waals surface area contributed by atoms with Gasteiger partial charge in [0.15, 0.2) is 9.84 Å². The number of amides is 1. The van der Waals surface area contributed by atoms with E-state index >= 15 is 0 Å². The van der Waals surface area contributed by atoms with Crippen LogP contribution in [0.2, 0.25) is 0 Å². The predicted octanol–water partition coefficient (Wildman–Crippen LogP) is 2.70. The second-order valence-electron chi connectivity index (χ2n) is 5.58. The fourth-order valence-electron chi connectivity index (χ4n) is 2.01. The van der Waals surface area contributed by atoms with E-state index in [0.717, 1.165) is 18.4 Å². The van der Waals surface area contributed by atoms with Crippen molar-refractivity contribution in [2.24, 2.45) is 0 Å². The highest BCUT2D eigenvalue weighted by Gasteiger charge is 2.36. The van der Waals surface area contributed by atoms with Crippen molar-refractivity contribution >= 4 is 15.9 Å². The Morgan fingerprint density at radius 1 is 1.27 bits per heavy atom. The Labute approximate surface area is 126 Å². The maximum Gasteiger partial charge on any atom is 0.416 e. The first-order chi connectivity index (χ1) is 9.72. The molecule has 0 bridgehead atoms. The van der Waals surface area contributed by atoms with Gasteiger partial charge >= 0.3 is 12.3 Å². The van der Waals surface area contributed by atoms with Crippen molar-refractivity contribution in [3.8, 4) is 0 Å². The standard InChI is InChI=1S/C13H16F3NO4S/c1-12(2,17-11(18)19)7-8-4-5-9(22(3,20)21)6-10(8)13(14,15)16/h4-6,17H,7H2,1-3H3,(H,18,19). The van der Waals surface area contributed by atoms with Crippen molar-refractivity contribution in [2.45, 2.75) is 36.9 Å². The Morgan fingerprint density at radius 2 is 1.82 bits per heavy atom. The maximum atomic E-state index is 13.1. The van der Waals surface area contributed by atoms with Crippen molar-refractivity contribution in [3.05, 3.63) is 29.3 Å². The molecule has 1 rings (SSSR count). The molecule has 124 valence electrons. The van der Waals surface area contributed by atoms with E-state index in [4.69, 9.17) is 5.11 Å². The number of halogens is 3. The second-order valence-corrected chi connectivity index (χ2v) is 7.60. The molecule has 0 heterocycles. The van der Waals surface area contributed by atoms with Crippen LogP contribution in [0.4, 0.5) is 18.0 Å². The van der Waals surface area contributed by atoms with Gasteiger partial charge in [0.05, 0.1) is 10.5 Å². The number of sulfone groups is 1. The van der Waals surface area contributed by atoms with Gasteiger partial charge in [0.2, 0.25) is 0 Å². The molecule has 0 spiro atoms. The van der Waals surface area contributed by atoms with E-state index in [1.54, 1.807) is 0 Å². The number of alkyl halides is 3. The van der Waals surface area contributed by atoms with Crippen LogP contribution in [0.3, 0.4) is 0 Å². The van der Waals surface area contributed by atoms with Crippen molar-refractivity contribution < 1.29 is 31.5 Å². The topological polar surface area (TPSA) is 83.5 Å². The molecule has 0 atom stereocenters. The molecule has 22 heavy (non-hydrogen) atoms. The van der Waals surface area contributed by atoms with Gasteiger partial charge < -0.3 is 10.4 Å². The summed E-state index contributed by atoms with van der Waals surface area (Å²) in [6.07, 6.45) is -5.52. The van der Waals surface area contributed by atoms with Crippen LogP contribution < -0.4 is 5.32 Å². The molecular weight excluding hydrogens is 323 g/mol. The molecule has 0 aliphatic rings. The largest absolute Gasteiger partial charge is 0.465 e. The van der Waals surface area contributed by atoms with Crippen LogP contribution in [0, 0.1) is 0 Å². The van der Waals surface area contributed by atoms with Gasteiger partial charge in [0.1, 0.15) is 0 Å². The third-order valence-corrected chi connectivity index (χ3v) is 4.00.